The Hall–Kier alpha value is -10.1. The van der Waals surface area contributed by atoms with E-state index in [1.165, 1.54) is 60.7 Å². The number of benzene rings is 5. The molecule has 0 aliphatic carbocycles. The number of carbonyl (C=O) groups is 9. The first kappa shape index (κ1) is 70.0. The fourth-order valence-electron chi connectivity index (χ4n) is 8.81. The average molecular weight is 1350 g/mol. The zero-order chi connectivity index (χ0) is 64.1. The van der Waals surface area contributed by atoms with Gasteiger partial charge >= 0.3 is 5.97 Å². The van der Waals surface area contributed by atoms with Crippen molar-refractivity contribution in [3.63, 3.8) is 0 Å². The van der Waals surface area contributed by atoms with E-state index in [1.807, 2.05) is 24.3 Å². The summed E-state index contributed by atoms with van der Waals surface area (Å²) < 4.78 is 31.1. The molecule has 8 aromatic rings. The number of amides is 8. The number of nitrogen functional groups attached to an aromatic ring is 1. The van der Waals surface area contributed by atoms with Gasteiger partial charge in [0.1, 0.15) is 24.8 Å². The van der Waals surface area contributed by atoms with Crippen LogP contribution in [0.2, 0.25) is 5.02 Å². The maximum Gasteiger partial charge on any atom is 0.324 e. The number of anilines is 3. The van der Waals surface area contributed by atoms with Crippen LogP contribution in [0, 0.1) is 39.8 Å². The summed E-state index contributed by atoms with van der Waals surface area (Å²) in [6.45, 7) is 6.81. The molecule has 11 rings (SSSR count). The summed E-state index contributed by atoms with van der Waals surface area (Å²) in [4.78, 5) is 137. The number of nitrogens with two attached hydrogens (primary N) is 1. The molecule has 6 heterocycles. The number of imide groups is 3. The number of hydroxylamine groups is 6. The molecule has 5 aromatic carbocycles. The predicted molar refractivity (Wildman–Crippen MR) is 322 cm³/mol. The van der Waals surface area contributed by atoms with Crippen LogP contribution in [0.25, 0.3) is 0 Å². The van der Waals surface area contributed by atoms with Crippen LogP contribution < -0.4 is 16.4 Å². The van der Waals surface area contributed by atoms with Crippen molar-refractivity contribution in [2.24, 2.45) is 0 Å². The third kappa shape index (κ3) is 17.2. The summed E-state index contributed by atoms with van der Waals surface area (Å²) in [5.74, 6) is -12.4. The summed E-state index contributed by atoms with van der Waals surface area (Å²) in [6.07, 6.45) is 0. The van der Waals surface area contributed by atoms with Gasteiger partial charge in [0.25, 0.3) is 35.4 Å². The molecule has 0 saturated heterocycles. The van der Waals surface area contributed by atoms with Crippen molar-refractivity contribution in [3.05, 3.63) is 256 Å². The normalized spacial score (nSPS) is 15.2. The number of nitrogens with zero attached hydrogens (tertiary/aromatic N) is 6. The molecule has 3 aliphatic rings. The Kier molecular flexibility index (Phi) is 24.5. The molecule has 3 aliphatic heterocycles. The topological polar surface area (TPSA) is 300 Å². The maximum absolute atomic E-state index is 13.2. The number of carbonyl (C=O) groups excluding carboxylic acids is 9. The third-order valence-electron chi connectivity index (χ3n) is 13.2. The number of aromatic nitrogens is 3. The standard InChI is InChI=1S/C23H18FN3O4.C19H18N2O5.C16H12FN3O4.C6H6ClN.CH3.Pd/c1-14-7-12-18-20(25-14)19(21(28)26-17-10-8-16(24)9-11-17)23(30)27(22(18)29)31-13-15-5-3-2-4-6-15;1-3-25-19(24)15-16-14(10-9-12(2)20-16)17(22)21(18(15)23)26-11-13-7-5-4-6-8-13;1-8-2-7-11-13(18-8)12(16(23)20(24)15(11)22)14(21)19-10-5-3-9(17)4-6-10;7-5-1-3-6(8)4-2-5;;/h2-12,19H,13H2,1H3,(H,26,28);4-10,15H,3,11H2,1-2H3;2-7,12,24H,1H3,(H,19,21);1-4H,8H2;1H3;/q;;;;-1;. The number of hydrogen-bond acceptors (Lipinski definition) is 17. The molecule has 5 N–H and O–H groups in total. The Morgan fingerprint density at radius 1 is 0.527 bits per heavy atom. The molecular weight excluding hydrogens is 1290 g/mol. The van der Waals surface area contributed by atoms with Crippen LogP contribution in [-0.2, 0) is 76.8 Å². The quantitative estimate of drug-likeness (QED) is 0.0168. The Morgan fingerprint density at radius 3 is 1.27 bits per heavy atom. The Labute approximate surface area is 538 Å². The van der Waals surface area contributed by atoms with E-state index >= 15 is 0 Å². The molecule has 0 fully saturated rings. The fourth-order valence-corrected chi connectivity index (χ4v) is 8.94. The first-order valence-electron chi connectivity index (χ1n) is 27.0. The van der Waals surface area contributed by atoms with Gasteiger partial charge in [0, 0.05) is 59.6 Å². The maximum atomic E-state index is 13.2. The zero-order valence-electron chi connectivity index (χ0n) is 49.1. The van der Waals surface area contributed by atoms with Crippen LogP contribution in [0.5, 0.6) is 0 Å². The van der Waals surface area contributed by atoms with Gasteiger partial charge in [-0.05, 0) is 148 Å². The molecular formula is C65H57ClF2N9O13Pd-. The van der Waals surface area contributed by atoms with Crippen molar-refractivity contribution in [3.8, 4) is 0 Å². The van der Waals surface area contributed by atoms with Crippen molar-refractivity contribution in [1.29, 1.82) is 0 Å². The summed E-state index contributed by atoms with van der Waals surface area (Å²) in [5, 5.41) is 16.6. The molecule has 0 bridgehead atoms. The van der Waals surface area contributed by atoms with Crippen molar-refractivity contribution >= 4 is 81.9 Å². The predicted octanol–water partition coefficient (Wildman–Crippen LogP) is 9.51. The number of fused-ring (bicyclic) bond motifs is 3. The van der Waals surface area contributed by atoms with Gasteiger partial charge in [-0.25, -0.2) is 8.78 Å². The van der Waals surface area contributed by atoms with E-state index in [0.29, 0.717) is 32.9 Å². The van der Waals surface area contributed by atoms with Crippen molar-refractivity contribution in [1.82, 2.24) is 30.1 Å². The largest absolute Gasteiger partial charge is 0.465 e. The van der Waals surface area contributed by atoms with Gasteiger partial charge in [-0.1, -0.05) is 72.3 Å². The van der Waals surface area contributed by atoms with Gasteiger partial charge in [-0.3, -0.25) is 73.0 Å². The summed E-state index contributed by atoms with van der Waals surface area (Å²) in [5.41, 5.74) is 10.3. The van der Waals surface area contributed by atoms with Crippen molar-refractivity contribution < 1.29 is 92.0 Å². The number of halogens is 3. The molecule has 0 spiro atoms. The minimum absolute atomic E-state index is 0. The zero-order valence-corrected chi connectivity index (χ0v) is 51.4. The van der Waals surface area contributed by atoms with E-state index in [0.717, 1.165) is 34.0 Å². The van der Waals surface area contributed by atoms with E-state index in [1.54, 1.807) is 100 Å². The van der Waals surface area contributed by atoms with Gasteiger partial charge in [0.05, 0.1) is 40.4 Å². The van der Waals surface area contributed by atoms with Crippen molar-refractivity contribution in [2.75, 3.05) is 23.0 Å². The minimum atomic E-state index is -1.48. The van der Waals surface area contributed by atoms with E-state index in [4.69, 9.17) is 31.7 Å². The molecule has 3 unspecified atom stereocenters. The number of aryl methyl sites for hydroxylation is 3. The summed E-state index contributed by atoms with van der Waals surface area (Å²) >= 11 is 5.56. The summed E-state index contributed by atoms with van der Waals surface area (Å²) in [6, 6.07) is 44.5. The SMILES string of the molecule is CCOC(=O)C1C(=O)N(OCc2ccccc2)C(=O)c2ccc(C)nc21.Cc1ccc2c(n1)C(C(=O)Nc1ccc(F)cc1)C(=O)N(O)C2=O.Cc1ccc2c(n1)C(C(=O)Nc1ccc(F)cc1)C(=O)N(OCc1ccccc1)C2=O.Nc1ccc(Cl)cc1.[CH3-].[Pd]. The van der Waals surface area contributed by atoms with Gasteiger partial charge in [0.15, 0.2) is 17.8 Å². The van der Waals surface area contributed by atoms with Crippen LogP contribution in [-0.4, -0.2) is 95.2 Å². The number of esters is 1. The second kappa shape index (κ2) is 31.9. The molecule has 0 radical (unpaired) electrons. The molecule has 0 saturated carbocycles. The number of hydrogen-bond donors (Lipinski definition) is 4. The third-order valence-corrected chi connectivity index (χ3v) is 13.4. The van der Waals surface area contributed by atoms with E-state index in [9.17, 15) is 57.1 Å². The fraction of sp³-hybridized carbons (Fsp3) is 0.154. The van der Waals surface area contributed by atoms with Gasteiger partial charge in [0.2, 0.25) is 11.8 Å². The monoisotopic (exact) mass is 1350 g/mol. The van der Waals surface area contributed by atoms with E-state index in [2.05, 4.69) is 25.6 Å². The molecule has 472 valence electrons. The Morgan fingerprint density at radius 2 is 0.890 bits per heavy atom. The van der Waals surface area contributed by atoms with E-state index in [-0.39, 0.29) is 92.2 Å². The molecule has 3 atom stereocenters. The van der Waals surface area contributed by atoms with Crippen LogP contribution in [0.3, 0.4) is 0 Å². The second-order valence-electron chi connectivity index (χ2n) is 19.6. The van der Waals surface area contributed by atoms with Gasteiger partial charge < -0.3 is 28.5 Å². The van der Waals surface area contributed by atoms with Crippen LogP contribution in [0.15, 0.2) is 170 Å². The van der Waals surface area contributed by atoms with E-state index < -0.39 is 82.6 Å². The van der Waals surface area contributed by atoms with Crippen LogP contribution in [0.1, 0.15) is 101 Å². The molecule has 22 nitrogen and oxygen atoms in total. The molecule has 26 heteroatoms. The minimum Gasteiger partial charge on any atom is -0.465 e. The van der Waals surface area contributed by atoms with Crippen molar-refractivity contribution in [2.45, 2.75) is 58.7 Å². The molecule has 8 amide bonds. The number of nitrogens with one attached hydrogen (secondary N) is 2. The smallest absolute Gasteiger partial charge is 0.324 e. The van der Waals surface area contributed by atoms with Crippen LogP contribution in [0.4, 0.5) is 25.8 Å². The number of rotatable bonds is 12. The van der Waals surface area contributed by atoms with Gasteiger partial charge in [-0.15, -0.1) is 10.1 Å². The Balaban J connectivity index is 0.000000203. The van der Waals surface area contributed by atoms with Crippen LogP contribution >= 0.6 is 11.6 Å². The molecule has 91 heavy (non-hydrogen) atoms. The number of pyridine rings is 3. The number of ether oxygens (including phenoxy) is 1. The molecule has 3 aromatic heterocycles. The Bertz CT molecular complexity index is 3970. The first-order chi connectivity index (χ1) is 42.6. The van der Waals surface area contributed by atoms with Gasteiger partial charge in [-0.2, -0.15) is 5.06 Å². The second-order valence-corrected chi connectivity index (χ2v) is 20.0. The first-order valence-corrected chi connectivity index (χ1v) is 27.4. The average Bonchev–Trinajstić information content (AvgIpc) is 0.890. The summed E-state index contributed by atoms with van der Waals surface area (Å²) in [7, 11) is 0.